The average molecular weight is 365 g/mol. The zero-order chi connectivity index (χ0) is 19.4. The second kappa shape index (κ2) is 7.41. The lowest BCUT2D eigenvalue weighted by molar-refractivity contribution is -0.147. The molecule has 0 unspecified atom stereocenters. The van der Waals surface area contributed by atoms with Crippen LogP contribution in [0.15, 0.2) is 65.8 Å². The van der Waals surface area contributed by atoms with E-state index in [4.69, 9.17) is 4.74 Å². The number of carbonyl (C=O) groups is 3. The van der Waals surface area contributed by atoms with Gasteiger partial charge in [0.2, 0.25) is 0 Å². The number of hydrazone groups is 1. The van der Waals surface area contributed by atoms with Crippen LogP contribution in [-0.2, 0) is 19.1 Å². The molecule has 0 saturated carbocycles. The minimum atomic E-state index is -1.67. The Balaban J connectivity index is 2.09. The number of Topliss-reactive ketones (excluding diaryl/α,β-unsaturated/α-hetero) is 1. The van der Waals surface area contributed by atoms with E-state index in [-0.39, 0.29) is 12.3 Å². The molecule has 0 aliphatic carbocycles. The summed E-state index contributed by atoms with van der Waals surface area (Å²) in [5.74, 6) is -2.40. The first kappa shape index (κ1) is 18.3. The number of nitrogens with zero attached hydrogens (tertiary/aromatic N) is 2. The summed E-state index contributed by atoms with van der Waals surface area (Å²) in [7, 11) is 0. The van der Waals surface area contributed by atoms with Gasteiger partial charge < -0.3 is 4.74 Å². The number of carbonyl (C=O) groups excluding carboxylic acids is 3. The Labute approximate surface area is 156 Å². The number of benzene rings is 2. The van der Waals surface area contributed by atoms with E-state index in [9.17, 15) is 14.4 Å². The molecule has 2 aromatic rings. The molecule has 1 atom stereocenters. The molecule has 1 fully saturated rings. The van der Waals surface area contributed by atoms with Crippen LogP contribution in [0.25, 0.3) is 0 Å². The largest absolute Gasteiger partial charge is 0.464 e. The van der Waals surface area contributed by atoms with Crippen LogP contribution in [0.5, 0.6) is 0 Å². The number of ether oxygens (including phenoxy) is 1. The number of hydrogen-bond acceptors (Lipinski definition) is 6. The summed E-state index contributed by atoms with van der Waals surface area (Å²) in [6.07, 6.45) is 0. The van der Waals surface area contributed by atoms with E-state index in [1.54, 1.807) is 61.5 Å². The van der Waals surface area contributed by atoms with Gasteiger partial charge in [0.1, 0.15) is 0 Å². The van der Waals surface area contributed by atoms with Crippen molar-refractivity contribution in [3.8, 4) is 0 Å². The quantitative estimate of drug-likeness (QED) is 0.499. The molecule has 0 aromatic heterocycles. The molecule has 7 heteroatoms. The molecule has 1 saturated heterocycles. The summed E-state index contributed by atoms with van der Waals surface area (Å²) in [6.45, 7) is 3.23. The molecule has 3 rings (SSSR count). The second-order valence-corrected chi connectivity index (χ2v) is 6.04. The number of nitrogens with one attached hydrogen (secondary N) is 1. The number of hydrogen-bond donors (Lipinski definition) is 1. The molecule has 1 aliphatic rings. The van der Waals surface area contributed by atoms with Gasteiger partial charge >= 0.3 is 11.9 Å². The second-order valence-electron chi connectivity index (χ2n) is 6.04. The normalized spacial score (nSPS) is 20.8. The molecule has 1 N–H and O–H groups in total. The SMILES string of the molecule is CCOC(=O)[C@]1(C)/C(=N\Nc2ccccc2)C(=O)C(=O)N1c1ccccc1. The van der Waals surface area contributed by atoms with Crippen molar-refractivity contribution in [2.24, 2.45) is 5.10 Å². The fourth-order valence-corrected chi connectivity index (χ4v) is 2.94. The lowest BCUT2D eigenvalue weighted by atomic mass is 9.95. The van der Waals surface area contributed by atoms with Crippen molar-refractivity contribution >= 4 is 34.7 Å². The summed E-state index contributed by atoms with van der Waals surface area (Å²) in [6, 6.07) is 17.4. The molecule has 1 heterocycles. The van der Waals surface area contributed by atoms with Crippen LogP contribution in [-0.4, -0.2) is 35.5 Å². The first-order valence-corrected chi connectivity index (χ1v) is 8.50. The van der Waals surface area contributed by atoms with Gasteiger partial charge in [-0.1, -0.05) is 36.4 Å². The molecular weight excluding hydrogens is 346 g/mol. The molecule has 1 aliphatic heterocycles. The summed E-state index contributed by atoms with van der Waals surface area (Å²) in [5, 5.41) is 4.11. The Bertz CT molecular complexity index is 896. The van der Waals surface area contributed by atoms with Crippen LogP contribution >= 0.6 is 0 Å². The fraction of sp³-hybridized carbons (Fsp3) is 0.200. The van der Waals surface area contributed by atoms with E-state index in [0.29, 0.717) is 11.4 Å². The van der Waals surface area contributed by atoms with Crippen molar-refractivity contribution in [2.45, 2.75) is 19.4 Å². The number of rotatable bonds is 5. The van der Waals surface area contributed by atoms with Gasteiger partial charge in [-0.3, -0.25) is 19.9 Å². The maximum Gasteiger partial charge on any atom is 0.338 e. The van der Waals surface area contributed by atoms with E-state index in [2.05, 4.69) is 10.5 Å². The topological polar surface area (TPSA) is 88.1 Å². The maximum atomic E-state index is 12.8. The van der Waals surface area contributed by atoms with Gasteiger partial charge in [-0.2, -0.15) is 5.10 Å². The third-order valence-corrected chi connectivity index (χ3v) is 4.28. The van der Waals surface area contributed by atoms with Crippen LogP contribution in [0.2, 0.25) is 0 Å². The predicted octanol–water partition coefficient (Wildman–Crippen LogP) is 2.39. The minimum Gasteiger partial charge on any atom is -0.464 e. The van der Waals surface area contributed by atoms with Crippen LogP contribution in [0, 0.1) is 0 Å². The maximum absolute atomic E-state index is 12.8. The first-order valence-electron chi connectivity index (χ1n) is 8.50. The van der Waals surface area contributed by atoms with E-state index in [0.717, 1.165) is 4.90 Å². The molecule has 1 amide bonds. The highest BCUT2D eigenvalue weighted by atomic mass is 16.5. The van der Waals surface area contributed by atoms with Crippen molar-refractivity contribution in [3.63, 3.8) is 0 Å². The van der Waals surface area contributed by atoms with Gasteiger partial charge in [0.15, 0.2) is 11.3 Å². The molecule has 0 bridgehead atoms. The average Bonchev–Trinajstić information content (AvgIpc) is 2.88. The Kier molecular flexibility index (Phi) is 5.03. The highest BCUT2D eigenvalue weighted by Gasteiger charge is 2.60. The number of ketones is 1. The lowest BCUT2D eigenvalue weighted by Gasteiger charge is -2.31. The predicted molar refractivity (Wildman–Crippen MR) is 101 cm³/mol. The summed E-state index contributed by atoms with van der Waals surface area (Å²) < 4.78 is 5.17. The zero-order valence-electron chi connectivity index (χ0n) is 15.0. The zero-order valence-corrected chi connectivity index (χ0v) is 15.0. The van der Waals surface area contributed by atoms with Gasteiger partial charge in [0, 0.05) is 5.69 Å². The highest BCUT2D eigenvalue weighted by Crippen LogP contribution is 2.33. The first-order chi connectivity index (χ1) is 13.0. The van der Waals surface area contributed by atoms with E-state index in [1.165, 1.54) is 6.92 Å². The van der Waals surface area contributed by atoms with E-state index < -0.39 is 23.2 Å². The Morgan fingerprint density at radius 3 is 2.26 bits per heavy atom. The Hall–Kier alpha value is -3.48. The lowest BCUT2D eigenvalue weighted by Crippen LogP contribution is -2.55. The highest BCUT2D eigenvalue weighted by molar-refractivity contribution is 6.75. The molecule has 2 aromatic carbocycles. The summed E-state index contributed by atoms with van der Waals surface area (Å²) in [4.78, 5) is 39.3. The van der Waals surface area contributed by atoms with Gasteiger partial charge in [0.05, 0.1) is 12.3 Å². The van der Waals surface area contributed by atoms with Crippen LogP contribution in [0.3, 0.4) is 0 Å². The molecular formula is C20H19N3O4. The monoisotopic (exact) mass is 365 g/mol. The van der Waals surface area contributed by atoms with Crippen molar-refractivity contribution in [1.29, 1.82) is 0 Å². The molecule has 138 valence electrons. The van der Waals surface area contributed by atoms with Gasteiger partial charge in [-0.25, -0.2) is 4.79 Å². The van der Waals surface area contributed by atoms with Crippen molar-refractivity contribution in [1.82, 2.24) is 0 Å². The number of anilines is 2. The fourth-order valence-electron chi connectivity index (χ4n) is 2.94. The minimum absolute atomic E-state index is 0.110. The van der Waals surface area contributed by atoms with Crippen LogP contribution < -0.4 is 10.3 Å². The number of esters is 1. The van der Waals surface area contributed by atoms with E-state index >= 15 is 0 Å². The smallest absolute Gasteiger partial charge is 0.338 e. The third-order valence-electron chi connectivity index (χ3n) is 4.28. The molecule has 7 nitrogen and oxygen atoms in total. The van der Waals surface area contributed by atoms with Crippen molar-refractivity contribution in [2.75, 3.05) is 16.9 Å². The number of amides is 1. The standard InChI is InChI=1S/C20H19N3O4/c1-3-27-19(26)20(2)17(22-21-14-10-6-4-7-11-14)16(24)18(25)23(20)15-12-8-5-9-13-15/h4-13,21H,3H2,1-2H3/b22-17-/t20-/m0/s1. The Morgan fingerprint density at radius 1 is 1.07 bits per heavy atom. The summed E-state index contributed by atoms with van der Waals surface area (Å²) in [5.41, 5.74) is 1.89. The van der Waals surface area contributed by atoms with Gasteiger partial charge in [-0.05, 0) is 38.1 Å². The van der Waals surface area contributed by atoms with Gasteiger partial charge in [0.25, 0.3) is 5.78 Å². The van der Waals surface area contributed by atoms with Crippen molar-refractivity contribution in [3.05, 3.63) is 60.7 Å². The molecule has 0 radical (unpaired) electrons. The molecule has 27 heavy (non-hydrogen) atoms. The van der Waals surface area contributed by atoms with Crippen molar-refractivity contribution < 1.29 is 19.1 Å². The molecule has 0 spiro atoms. The van der Waals surface area contributed by atoms with Gasteiger partial charge in [-0.15, -0.1) is 0 Å². The number of para-hydroxylation sites is 2. The third kappa shape index (κ3) is 3.19. The van der Waals surface area contributed by atoms with Crippen LogP contribution in [0.4, 0.5) is 11.4 Å². The summed E-state index contributed by atoms with van der Waals surface area (Å²) >= 11 is 0. The Morgan fingerprint density at radius 2 is 1.67 bits per heavy atom. The van der Waals surface area contributed by atoms with Crippen LogP contribution in [0.1, 0.15) is 13.8 Å². The van der Waals surface area contributed by atoms with E-state index in [1.807, 2.05) is 6.07 Å².